The van der Waals surface area contributed by atoms with Crippen LogP contribution in [0, 0.1) is 5.92 Å². The van der Waals surface area contributed by atoms with Gasteiger partial charge in [-0.15, -0.1) is 0 Å². The Morgan fingerprint density at radius 2 is 1.71 bits per heavy atom. The van der Waals surface area contributed by atoms with Gasteiger partial charge in [-0.3, -0.25) is 9.59 Å². The van der Waals surface area contributed by atoms with Crippen molar-refractivity contribution >= 4 is 11.9 Å². The van der Waals surface area contributed by atoms with Crippen molar-refractivity contribution in [2.24, 2.45) is 5.92 Å². The largest absolute Gasteiger partial charge is 0.493 e. The molecule has 1 aromatic carbocycles. The van der Waals surface area contributed by atoms with Crippen LogP contribution in [-0.4, -0.2) is 44.9 Å². The number of ether oxygens (including phenoxy) is 3. The summed E-state index contributed by atoms with van der Waals surface area (Å²) < 4.78 is 15.7. The normalized spacial score (nSPS) is 11.5. The fourth-order valence-electron chi connectivity index (χ4n) is 2.38. The van der Waals surface area contributed by atoms with Crippen LogP contribution < -0.4 is 19.5 Å². The second kappa shape index (κ2) is 9.64. The highest BCUT2D eigenvalue weighted by Crippen LogP contribution is 2.38. The molecule has 1 atom stereocenters. The van der Waals surface area contributed by atoms with Crippen LogP contribution in [0.2, 0.25) is 0 Å². The predicted molar refractivity (Wildman–Crippen MR) is 88.8 cm³/mol. The quantitative estimate of drug-likeness (QED) is 0.676. The number of hydrogen-bond acceptors (Lipinski definition) is 5. The number of hydrogen-bond donors (Lipinski definition) is 2. The Kier molecular flexibility index (Phi) is 7.88. The van der Waals surface area contributed by atoms with Crippen LogP contribution >= 0.6 is 0 Å². The van der Waals surface area contributed by atoms with E-state index in [0.29, 0.717) is 29.2 Å². The van der Waals surface area contributed by atoms with E-state index in [4.69, 9.17) is 19.3 Å². The molecule has 0 spiro atoms. The Morgan fingerprint density at radius 3 is 2.12 bits per heavy atom. The van der Waals surface area contributed by atoms with E-state index in [1.165, 1.54) is 21.3 Å². The number of rotatable bonds is 10. The molecule has 0 saturated carbocycles. The molecule has 7 nitrogen and oxygen atoms in total. The predicted octanol–water partition coefficient (Wildman–Crippen LogP) is 1.87. The van der Waals surface area contributed by atoms with Gasteiger partial charge in [-0.25, -0.2) is 0 Å². The summed E-state index contributed by atoms with van der Waals surface area (Å²) >= 11 is 0. The Hall–Kier alpha value is -2.44. The number of amides is 1. The smallest absolute Gasteiger partial charge is 0.308 e. The molecule has 0 aromatic heterocycles. The lowest BCUT2D eigenvalue weighted by Crippen LogP contribution is -2.33. The van der Waals surface area contributed by atoms with Gasteiger partial charge in [0.05, 0.1) is 33.7 Å². The summed E-state index contributed by atoms with van der Waals surface area (Å²) in [6.45, 7) is 2.03. The van der Waals surface area contributed by atoms with Crippen molar-refractivity contribution in [3.63, 3.8) is 0 Å². The van der Waals surface area contributed by atoms with Crippen LogP contribution in [0.15, 0.2) is 12.1 Å². The maximum absolute atomic E-state index is 12.1. The fourth-order valence-corrected chi connectivity index (χ4v) is 2.38. The second-order valence-electron chi connectivity index (χ2n) is 5.34. The first-order chi connectivity index (χ1) is 11.5. The number of methoxy groups -OCH3 is 3. The third-order valence-corrected chi connectivity index (χ3v) is 3.62. The molecule has 0 aliphatic rings. The number of carboxylic acids is 1. The molecule has 0 fully saturated rings. The molecular formula is C17H25NO6. The summed E-state index contributed by atoms with van der Waals surface area (Å²) in [4.78, 5) is 23.2. The highest BCUT2D eigenvalue weighted by Gasteiger charge is 2.18. The lowest BCUT2D eigenvalue weighted by Gasteiger charge is -2.15. The summed E-state index contributed by atoms with van der Waals surface area (Å²) in [5.41, 5.74) is 0.685. The van der Waals surface area contributed by atoms with Gasteiger partial charge in [-0.05, 0) is 24.1 Å². The number of benzene rings is 1. The minimum Gasteiger partial charge on any atom is -0.493 e. The minimum absolute atomic E-state index is 0.0924. The lowest BCUT2D eigenvalue weighted by atomic mass is 10.0. The minimum atomic E-state index is -0.898. The van der Waals surface area contributed by atoms with E-state index in [-0.39, 0.29) is 18.9 Å². The molecule has 0 radical (unpaired) electrons. The van der Waals surface area contributed by atoms with E-state index < -0.39 is 11.9 Å². The number of carbonyl (C=O) groups excluding carboxylic acids is 1. The van der Waals surface area contributed by atoms with E-state index in [1.54, 1.807) is 12.1 Å². The van der Waals surface area contributed by atoms with E-state index in [9.17, 15) is 9.59 Å². The average Bonchev–Trinajstić information content (AvgIpc) is 2.57. The van der Waals surface area contributed by atoms with Crippen molar-refractivity contribution in [2.75, 3.05) is 27.9 Å². The standard InChI is InChI=1S/C17H25NO6/c1-5-6-12(17(20)21)10-18-15(19)9-11-7-13(22-2)16(24-4)14(8-11)23-3/h7-8,12H,5-6,9-10H2,1-4H3,(H,18,19)(H,20,21). The fraction of sp³-hybridized carbons (Fsp3) is 0.529. The summed E-state index contributed by atoms with van der Waals surface area (Å²) in [7, 11) is 4.51. The Morgan fingerprint density at radius 1 is 1.12 bits per heavy atom. The summed E-state index contributed by atoms with van der Waals surface area (Å²) in [6.07, 6.45) is 1.37. The zero-order valence-electron chi connectivity index (χ0n) is 14.5. The number of carboxylic acid groups (broad SMARTS) is 1. The maximum atomic E-state index is 12.1. The van der Waals surface area contributed by atoms with Gasteiger partial charge in [-0.2, -0.15) is 0 Å². The molecule has 0 bridgehead atoms. The molecule has 7 heteroatoms. The molecule has 1 rings (SSSR count). The molecule has 1 aromatic rings. The second-order valence-corrected chi connectivity index (χ2v) is 5.34. The number of carbonyl (C=O) groups is 2. The van der Waals surface area contributed by atoms with Gasteiger partial charge in [-0.1, -0.05) is 13.3 Å². The highest BCUT2D eigenvalue weighted by atomic mass is 16.5. The molecule has 0 aliphatic carbocycles. The third kappa shape index (κ3) is 5.33. The number of aliphatic carboxylic acids is 1. The molecule has 1 unspecified atom stereocenters. The third-order valence-electron chi connectivity index (χ3n) is 3.62. The summed E-state index contributed by atoms with van der Waals surface area (Å²) in [5.74, 6) is -0.336. The Labute approximate surface area is 141 Å². The van der Waals surface area contributed by atoms with Crippen molar-refractivity contribution < 1.29 is 28.9 Å². The summed E-state index contributed by atoms with van der Waals surface area (Å²) in [6, 6.07) is 3.39. The van der Waals surface area contributed by atoms with Gasteiger partial charge in [0.2, 0.25) is 11.7 Å². The highest BCUT2D eigenvalue weighted by molar-refractivity contribution is 5.80. The molecule has 0 aliphatic heterocycles. The van der Waals surface area contributed by atoms with E-state index in [0.717, 1.165) is 6.42 Å². The molecule has 0 heterocycles. The van der Waals surface area contributed by atoms with Crippen LogP contribution in [0.1, 0.15) is 25.3 Å². The van der Waals surface area contributed by atoms with Crippen molar-refractivity contribution in [2.45, 2.75) is 26.2 Å². The molecule has 0 saturated heterocycles. The Balaban J connectivity index is 2.78. The van der Waals surface area contributed by atoms with Gasteiger partial charge in [0, 0.05) is 6.54 Å². The molecule has 134 valence electrons. The maximum Gasteiger partial charge on any atom is 0.308 e. The zero-order valence-corrected chi connectivity index (χ0v) is 14.5. The van der Waals surface area contributed by atoms with Gasteiger partial charge < -0.3 is 24.6 Å². The van der Waals surface area contributed by atoms with Crippen molar-refractivity contribution in [3.05, 3.63) is 17.7 Å². The van der Waals surface area contributed by atoms with Crippen molar-refractivity contribution in [3.8, 4) is 17.2 Å². The lowest BCUT2D eigenvalue weighted by molar-refractivity contribution is -0.141. The topological polar surface area (TPSA) is 94.1 Å². The van der Waals surface area contributed by atoms with Crippen molar-refractivity contribution in [1.82, 2.24) is 5.32 Å². The van der Waals surface area contributed by atoms with Crippen molar-refractivity contribution in [1.29, 1.82) is 0 Å². The molecule has 1 amide bonds. The monoisotopic (exact) mass is 339 g/mol. The first kappa shape index (κ1) is 19.6. The average molecular weight is 339 g/mol. The summed E-state index contributed by atoms with van der Waals surface area (Å²) in [5, 5.41) is 11.8. The van der Waals surface area contributed by atoms with Gasteiger partial charge in [0.15, 0.2) is 11.5 Å². The molecule has 2 N–H and O–H groups in total. The Bertz CT molecular complexity index is 547. The molecular weight excluding hydrogens is 314 g/mol. The zero-order chi connectivity index (χ0) is 18.1. The van der Waals surface area contributed by atoms with Crippen LogP contribution in [0.3, 0.4) is 0 Å². The van der Waals surface area contributed by atoms with Gasteiger partial charge in [0.25, 0.3) is 0 Å². The van der Waals surface area contributed by atoms with Gasteiger partial charge >= 0.3 is 5.97 Å². The van der Waals surface area contributed by atoms with E-state index in [1.807, 2.05) is 6.92 Å². The van der Waals surface area contributed by atoms with Crippen LogP contribution in [0.4, 0.5) is 0 Å². The molecule has 24 heavy (non-hydrogen) atoms. The van der Waals surface area contributed by atoms with E-state index >= 15 is 0 Å². The van der Waals surface area contributed by atoms with E-state index in [2.05, 4.69) is 5.32 Å². The first-order valence-corrected chi connectivity index (χ1v) is 7.75. The first-order valence-electron chi connectivity index (χ1n) is 7.75. The SMILES string of the molecule is CCCC(CNC(=O)Cc1cc(OC)c(OC)c(OC)c1)C(=O)O. The number of nitrogens with one attached hydrogen (secondary N) is 1. The van der Waals surface area contributed by atoms with Crippen LogP contribution in [0.25, 0.3) is 0 Å². The van der Waals surface area contributed by atoms with Gasteiger partial charge in [0.1, 0.15) is 0 Å². The van der Waals surface area contributed by atoms with Crippen LogP contribution in [-0.2, 0) is 16.0 Å². The van der Waals surface area contributed by atoms with Crippen LogP contribution in [0.5, 0.6) is 17.2 Å².